The van der Waals surface area contributed by atoms with Gasteiger partial charge in [-0.2, -0.15) is 0 Å². The molecule has 0 aliphatic carbocycles. The Morgan fingerprint density at radius 1 is 1.12 bits per heavy atom. The van der Waals surface area contributed by atoms with Crippen molar-refractivity contribution in [1.29, 1.82) is 0 Å². The van der Waals surface area contributed by atoms with Crippen LogP contribution in [0.1, 0.15) is 15.9 Å². The molecule has 126 valence electrons. The summed E-state index contributed by atoms with van der Waals surface area (Å²) >= 11 is 5.96. The Bertz CT molecular complexity index is 956. The number of carbonyl (C=O) groups is 2. The number of anilines is 1. The summed E-state index contributed by atoms with van der Waals surface area (Å²) in [5, 5.41) is 3.52. The molecule has 0 aliphatic heterocycles. The van der Waals surface area contributed by atoms with E-state index in [-0.39, 0.29) is 17.3 Å². The van der Waals surface area contributed by atoms with Gasteiger partial charge in [-0.3, -0.25) is 4.79 Å². The molecule has 0 aliphatic rings. The minimum absolute atomic E-state index is 0.190. The minimum Gasteiger partial charge on any atom is -0.452 e. The van der Waals surface area contributed by atoms with Crippen molar-refractivity contribution >= 4 is 40.1 Å². The molecule has 5 nitrogen and oxygen atoms in total. The Morgan fingerprint density at radius 3 is 2.64 bits per heavy atom. The number of ether oxygens (including phenoxy) is 1. The van der Waals surface area contributed by atoms with Crippen molar-refractivity contribution in [2.24, 2.45) is 0 Å². The molecular formula is C19H15ClN2O3. The van der Waals surface area contributed by atoms with Gasteiger partial charge in [-0.1, -0.05) is 48.0 Å². The number of pyridine rings is 1. The highest BCUT2D eigenvalue weighted by Gasteiger charge is 2.15. The van der Waals surface area contributed by atoms with Gasteiger partial charge in [-0.25, -0.2) is 9.78 Å². The Hall–Kier alpha value is -2.92. The number of amides is 1. The van der Waals surface area contributed by atoms with Crippen LogP contribution in [0.4, 0.5) is 5.69 Å². The number of esters is 1. The zero-order valence-corrected chi connectivity index (χ0v) is 14.2. The van der Waals surface area contributed by atoms with Crippen LogP contribution in [0.25, 0.3) is 10.9 Å². The molecule has 2 aromatic carbocycles. The standard InChI is InChI=1S/C19H15ClN2O3/c1-12-6-2-4-8-15(12)22-18(23)11-25-19(24)14-10-17(20)21-16-9-5-3-7-13(14)16/h2-10H,11H2,1H3,(H,22,23). The van der Waals surface area contributed by atoms with Crippen LogP contribution in [-0.2, 0) is 9.53 Å². The summed E-state index contributed by atoms with van der Waals surface area (Å²) < 4.78 is 5.13. The lowest BCUT2D eigenvalue weighted by atomic mass is 10.1. The van der Waals surface area contributed by atoms with E-state index in [2.05, 4.69) is 10.3 Å². The van der Waals surface area contributed by atoms with Crippen LogP contribution in [0.3, 0.4) is 0 Å². The molecule has 1 aromatic heterocycles. The first-order chi connectivity index (χ1) is 12.0. The van der Waals surface area contributed by atoms with Gasteiger partial charge in [0.1, 0.15) is 5.15 Å². The summed E-state index contributed by atoms with van der Waals surface area (Å²) in [4.78, 5) is 28.5. The average Bonchev–Trinajstić information content (AvgIpc) is 2.61. The first kappa shape index (κ1) is 16.9. The summed E-state index contributed by atoms with van der Waals surface area (Å²) in [7, 11) is 0. The molecule has 0 unspecified atom stereocenters. The fourth-order valence-electron chi connectivity index (χ4n) is 2.42. The van der Waals surface area contributed by atoms with Gasteiger partial charge >= 0.3 is 5.97 Å². The molecule has 3 aromatic rings. The Labute approximate surface area is 149 Å². The third-order valence-corrected chi connectivity index (χ3v) is 3.85. The third kappa shape index (κ3) is 3.95. The number of nitrogens with zero attached hydrogens (tertiary/aromatic N) is 1. The number of aryl methyl sites for hydroxylation is 1. The smallest absolute Gasteiger partial charge is 0.339 e. The molecule has 0 radical (unpaired) electrons. The summed E-state index contributed by atoms with van der Waals surface area (Å²) in [5.74, 6) is -1.03. The van der Waals surface area contributed by atoms with Crippen molar-refractivity contribution in [3.05, 3.63) is 70.9 Å². The summed E-state index contributed by atoms with van der Waals surface area (Å²) in [5.41, 5.74) is 2.47. The van der Waals surface area contributed by atoms with Gasteiger partial charge in [0.2, 0.25) is 0 Å². The monoisotopic (exact) mass is 354 g/mol. The normalized spacial score (nSPS) is 10.5. The second kappa shape index (κ2) is 7.32. The van der Waals surface area contributed by atoms with Crippen molar-refractivity contribution in [1.82, 2.24) is 4.98 Å². The quantitative estimate of drug-likeness (QED) is 0.568. The number of halogens is 1. The van der Waals surface area contributed by atoms with Crippen molar-refractivity contribution in [2.75, 3.05) is 11.9 Å². The van der Waals surface area contributed by atoms with Crippen LogP contribution in [0.2, 0.25) is 5.15 Å². The number of fused-ring (bicyclic) bond motifs is 1. The Kier molecular flexibility index (Phi) is 4.95. The topological polar surface area (TPSA) is 68.3 Å². The highest BCUT2D eigenvalue weighted by atomic mass is 35.5. The van der Waals surface area contributed by atoms with Gasteiger partial charge in [0.05, 0.1) is 11.1 Å². The van der Waals surface area contributed by atoms with E-state index >= 15 is 0 Å². The zero-order chi connectivity index (χ0) is 17.8. The van der Waals surface area contributed by atoms with Gasteiger partial charge in [0.15, 0.2) is 6.61 Å². The predicted octanol–water partition coefficient (Wildman–Crippen LogP) is 3.99. The van der Waals surface area contributed by atoms with Crippen LogP contribution in [0.5, 0.6) is 0 Å². The molecule has 6 heteroatoms. The zero-order valence-electron chi connectivity index (χ0n) is 13.5. The fourth-order valence-corrected chi connectivity index (χ4v) is 2.62. The van der Waals surface area contributed by atoms with Crippen molar-refractivity contribution in [3.63, 3.8) is 0 Å². The number of para-hydroxylation sites is 2. The van der Waals surface area contributed by atoms with E-state index in [1.165, 1.54) is 6.07 Å². The van der Waals surface area contributed by atoms with E-state index < -0.39 is 11.9 Å². The second-order valence-electron chi connectivity index (χ2n) is 5.45. The minimum atomic E-state index is -0.625. The molecule has 0 atom stereocenters. The van der Waals surface area contributed by atoms with Gasteiger partial charge < -0.3 is 10.1 Å². The van der Waals surface area contributed by atoms with Crippen molar-refractivity contribution in [2.45, 2.75) is 6.92 Å². The second-order valence-corrected chi connectivity index (χ2v) is 5.84. The molecule has 1 heterocycles. The molecule has 0 saturated carbocycles. The maximum Gasteiger partial charge on any atom is 0.339 e. The lowest BCUT2D eigenvalue weighted by Gasteiger charge is -2.10. The molecule has 0 spiro atoms. The van der Waals surface area contributed by atoms with Gasteiger partial charge in [-0.05, 0) is 30.7 Å². The van der Waals surface area contributed by atoms with Gasteiger partial charge in [0, 0.05) is 11.1 Å². The van der Waals surface area contributed by atoms with Crippen LogP contribution in [0, 0.1) is 6.92 Å². The third-order valence-electron chi connectivity index (χ3n) is 3.66. The average molecular weight is 355 g/mol. The van der Waals surface area contributed by atoms with Gasteiger partial charge in [-0.15, -0.1) is 0 Å². The van der Waals surface area contributed by atoms with E-state index in [1.807, 2.05) is 25.1 Å². The fraction of sp³-hybridized carbons (Fsp3) is 0.105. The maximum absolute atomic E-state index is 12.3. The lowest BCUT2D eigenvalue weighted by molar-refractivity contribution is -0.119. The molecule has 25 heavy (non-hydrogen) atoms. The molecule has 1 amide bonds. The highest BCUT2D eigenvalue weighted by molar-refractivity contribution is 6.30. The van der Waals surface area contributed by atoms with Crippen LogP contribution >= 0.6 is 11.6 Å². The number of hydrogen-bond acceptors (Lipinski definition) is 4. The number of hydrogen-bond donors (Lipinski definition) is 1. The molecule has 0 bridgehead atoms. The first-order valence-corrected chi connectivity index (χ1v) is 8.00. The lowest BCUT2D eigenvalue weighted by Crippen LogP contribution is -2.21. The molecule has 0 saturated heterocycles. The van der Waals surface area contributed by atoms with Crippen LogP contribution in [-0.4, -0.2) is 23.5 Å². The Balaban J connectivity index is 1.71. The molecule has 1 N–H and O–H groups in total. The number of nitrogens with one attached hydrogen (secondary N) is 1. The number of carbonyl (C=O) groups excluding carboxylic acids is 2. The van der Waals surface area contributed by atoms with E-state index in [0.717, 1.165) is 5.56 Å². The molecular weight excluding hydrogens is 340 g/mol. The molecule has 3 rings (SSSR count). The summed E-state index contributed by atoms with van der Waals surface area (Å²) in [6, 6.07) is 15.9. The van der Waals surface area contributed by atoms with Crippen LogP contribution in [0.15, 0.2) is 54.6 Å². The van der Waals surface area contributed by atoms with Crippen molar-refractivity contribution in [3.8, 4) is 0 Å². The van der Waals surface area contributed by atoms with Crippen LogP contribution < -0.4 is 5.32 Å². The van der Waals surface area contributed by atoms with E-state index in [4.69, 9.17) is 16.3 Å². The number of rotatable bonds is 4. The maximum atomic E-state index is 12.3. The number of aromatic nitrogens is 1. The predicted molar refractivity (Wildman–Crippen MR) is 96.8 cm³/mol. The summed E-state index contributed by atoms with van der Waals surface area (Å²) in [6.07, 6.45) is 0. The highest BCUT2D eigenvalue weighted by Crippen LogP contribution is 2.21. The SMILES string of the molecule is Cc1ccccc1NC(=O)COC(=O)c1cc(Cl)nc2ccccc12. The van der Waals surface area contributed by atoms with E-state index in [1.54, 1.807) is 30.3 Å². The Morgan fingerprint density at radius 2 is 1.84 bits per heavy atom. The van der Waals surface area contributed by atoms with Crippen molar-refractivity contribution < 1.29 is 14.3 Å². The van der Waals surface area contributed by atoms with E-state index in [0.29, 0.717) is 16.6 Å². The number of benzene rings is 2. The van der Waals surface area contributed by atoms with Gasteiger partial charge in [0.25, 0.3) is 5.91 Å². The summed E-state index contributed by atoms with van der Waals surface area (Å²) in [6.45, 7) is 1.49. The largest absolute Gasteiger partial charge is 0.452 e. The molecule has 0 fully saturated rings. The first-order valence-electron chi connectivity index (χ1n) is 7.62. The van der Waals surface area contributed by atoms with E-state index in [9.17, 15) is 9.59 Å².